The smallest absolute Gasteiger partial charge is 0.320 e. The molecule has 6 heteroatoms. The lowest BCUT2D eigenvalue weighted by molar-refractivity contribution is -0.157. The van der Waals surface area contributed by atoms with Crippen LogP contribution < -0.4 is 0 Å². The first kappa shape index (κ1) is 16.9. The molecule has 0 N–H and O–H groups in total. The topological polar surface area (TPSA) is 52.6 Å². The van der Waals surface area contributed by atoms with Gasteiger partial charge in [0.1, 0.15) is 22.4 Å². The van der Waals surface area contributed by atoms with E-state index in [2.05, 4.69) is 31.9 Å². The molecule has 0 fully saturated rings. The van der Waals surface area contributed by atoms with Crippen molar-refractivity contribution in [1.29, 1.82) is 0 Å². The van der Waals surface area contributed by atoms with Crippen LogP contribution in [-0.2, 0) is 19.1 Å². The van der Waals surface area contributed by atoms with Crippen LogP contribution in [0.4, 0.5) is 0 Å². The van der Waals surface area contributed by atoms with Crippen LogP contribution in [0.15, 0.2) is 0 Å². The van der Waals surface area contributed by atoms with E-state index in [0.717, 1.165) is 0 Å². The molecule has 3 unspecified atom stereocenters. The number of hydrogen-bond acceptors (Lipinski definition) is 4. The Kier molecular flexibility index (Phi) is 8.86. The molecule has 4 nitrogen and oxygen atoms in total. The third-order valence-electron chi connectivity index (χ3n) is 2.01. The Balaban J connectivity index is 3.91. The number of carbonyl (C=O) groups excluding carboxylic acids is 2. The highest BCUT2D eigenvalue weighted by molar-refractivity contribution is 9.10. The van der Waals surface area contributed by atoms with Gasteiger partial charge in [-0.05, 0) is 19.8 Å². The first-order chi connectivity index (χ1) is 7.92. The van der Waals surface area contributed by atoms with Crippen molar-refractivity contribution in [2.75, 3.05) is 6.61 Å². The standard InChI is InChI=1S/C11H18Br2O4/c1-4-8(12)10(14)16-6-7(3)17-11(15)9(13)5-2/h7-9H,4-6H2,1-3H3. The first-order valence-corrected chi connectivity index (χ1v) is 7.40. The molecular weight excluding hydrogens is 356 g/mol. The Morgan fingerprint density at radius 3 is 2.00 bits per heavy atom. The summed E-state index contributed by atoms with van der Waals surface area (Å²) in [6.45, 7) is 5.52. The van der Waals surface area contributed by atoms with Crippen LogP contribution in [0.25, 0.3) is 0 Å². The molecule has 0 aromatic heterocycles. The zero-order valence-electron chi connectivity index (χ0n) is 10.2. The maximum atomic E-state index is 11.4. The van der Waals surface area contributed by atoms with E-state index in [1.165, 1.54) is 0 Å². The van der Waals surface area contributed by atoms with Gasteiger partial charge in [0.05, 0.1) is 0 Å². The predicted molar refractivity (Wildman–Crippen MR) is 72.5 cm³/mol. The first-order valence-electron chi connectivity index (χ1n) is 5.57. The van der Waals surface area contributed by atoms with E-state index < -0.39 is 6.10 Å². The lowest BCUT2D eigenvalue weighted by Crippen LogP contribution is -2.28. The van der Waals surface area contributed by atoms with Crippen LogP contribution in [0.3, 0.4) is 0 Å². The van der Waals surface area contributed by atoms with Crippen LogP contribution >= 0.6 is 31.9 Å². The van der Waals surface area contributed by atoms with Crippen molar-refractivity contribution in [2.45, 2.75) is 49.4 Å². The zero-order valence-corrected chi connectivity index (χ0v) is 13.4. The van der Waals surface area contributed by atoms with E-state index in [0.29, 0.717) is 12.8 Å². The second kappa shape index (κ2) is 8.91. The van der Waals surface area contributed by atoms with Gasteiger partial charge in [-0.25, -0.2) is 0 Å². The molecule has 0 radical (unpaired) electrons. The Hall–Kier alpha value is -0.100. The Labute approximate surface area is 119 Å². The van der Waals surface area contributed by atoms with Gasteiger partial charge in [-0.3, -0.25) is 9.59 Å². The molecule has 100 valence electrons. The van der Waals surface area contributed by atoms with Crippen LogP contribution in [0.1, 0.15) is 33.6 Å². The summed E-state index contributed by atoms with van der Waals surface area (Å²) < 4.78 is 10.1. The van der Waals surface area contributed by atoms with Crippen molar-refractivity contribution in [1.82, 2.24) is 0 Å². The number of esters is 2. The minimum atomic E-state index is -0.436. The molecule has 0 bridgehead atoms. The van der Waals surface area contributed by atoms with Gasteiger partial charge in [0, 0.05) is 0 Å². The lowest BCUT2D eigenvalue weighted by atomic mass is 10.3. The summed E-state index contributed by atoms with van der Waals surface area (Å²) in [5.74, 6) is -0.664. The summed E-state index contributed by atoms with van der Waals surface area (Å²) >= 11 is 6.38. The maximum absolute atomic E-state index is 11.4. The Bertz CT molecular complexity index is 258. The van der Waals surface area contributed by atoms with Crippen LogP contribution in [0.2, 0.25) is 0 Å². The zero-order chi connectivity index (χ0) is 13.4. The molecule has 0 aromatic rings. The predicted octanol–water partition coefficient (Wildman–Crippen LogP) is 2.81. The molecule has 0 amide bonds. The summed E-state index contributed by atoms with van der Waals surface area (Å²) in [6, 6.07) is 0. The van der Waals surface area contributed by atoms with Gasteiger partial charge in [0.15, 0.2) is 0 Å². The number of halogens is 2. The van der Waals surface area contributed by atoms with Crippen molar-refractivity contribution in [3.8, 4) is 0 Å². The van der Waals surface area contributed by atoms with Crippen LogP contribution in [0.5, 0.6) is 0 Å². The normalized spacial score (nSPS) is 15.8. The van der Waals surface area contributed by atoms with E-state index in [1.807, 2.05) is 13.8 Å². The summed E-state index contributed by atoms with van der Waals surface area (Å²) in [5.41, 5.74) is 0. The van der Waals surface area contributed by atoms with Gasteiger partial charge >= 0.3 is 11.9 Å². The monoisotopic (exact) mass is 372 g/mol. The van der Waals surface area contributed by atoms with E-state index in [1.54, 1.807) is 6.92 Å². The molecule has 0 aromatic carbocycles. The Morgan fingerprint density at radius 1 is 1.06 bits per heavy atom. The van der Waals surface area contributed by atoms with E-state index in [4.69, 9.17) is 9.47 Å². The quantitative estimate of drug-likeness (QED) is 0.508. The molecule has 0 saturated heterocycles. The SMILES string of the molecule is CCC(Br)C(=O)OCC(C)OC(=O)C(Br)CC. The van der Waals surface area contributed by atoms with Gasteiger partial charge in [-0.15, -0.1) is 0 Å². The second-order valence-electron chi connectivity index (χ2n) is 3.63. The Morgan fingerprint density at radius 2 is 1.53 bits per heavy atom. The van der Waals surface area contributed by atoms with Gasteiger partial charge < -0.3 is 9.47 Å². The van der Waals surface area contributed by atoms with Crippen molar-refractivity contribution >= 4 is 43.8 Å². The van der Waals surface area contributed by atoms with Gasteiger partial charge in [0.25, 0.3) is 0 Å². The number of rotatable bonds is 7. The molecule has 0 aliphatic carbocycles. The number of hydrogen-bond donors (Lipinski definition) is 0. The molecule has 0 aliphatic heterocycles. The maximum Gasteiger partial charge on any atom is 0.320 e. The summed E-state index contributed by atoms with van der Waals surface area (Å²) in [4.78, 5) is 22.1. The van der Waals surface area contributed by atoms with E-state index in [9.17, 15) is 9.59 Å². The largest absolute Gasteiger partial charge is 0.461 e. The summed E-state index contributed by atoms with van der Waals surface area (Å²) in [5, 5.41) is 0. The van der Waals surface area contributed by atoms with Crippen LogP contribution in [-0.4, -0.2) is 34.3 Å². The molecular formula is C11H18Br2O4. The average molecular weight is 374 g/mol. The highest BCUT2D eigenvalue weighted by Crippen LogP contribution is 2.10. The molecule has 0 heterocycles. The number of alkyl halides is 2. The molecule has 0 saturated carbocycles. The number of carbonyl (C=O) groups is 2. The van der Waals surface area contributed by atoms with Crippen molar-refractivity contribution in [3.05, 3.63) is 0 Å². The molecule has 0 rings (SSSR count). The molecule has 3 atom stereocenters. The molecule has 17 heavy (non-hydrogen) atoms. The van der Waals surface area contributed by atoms with Gasteiger partial charge in [-0.1, -0.05) is 45.7 Å². The van der Waals surface area contributed by atoms with E-state index >= 15 is 0 Å². The minimum Gasteiger partial charge on any atom is -0.461 e. The summed E-state index contributed by atoms with van der Waals surface area (Å²) in [6.07, 6.45) is 0.881. The fourth-order valence-corrected chi connectivity index (χ4v) is 1.17. The molecule has 0 spiro atoms. The van der Waals surface area contributed by atoms with Gasteiger partial charge in [-0.2, -0.15) is 0 Å². The third kappa shape index (κ3) is 7.03. The molecule has 0 aliphatic rings. The van der Waals surface area contributed by atoms with Crippen molar-refractivity contribution < 1.29 is 19.1 Å². The van der Waals surface area contributed by atoms with Gasteiger partial charge in [0.2, 0.25) is 0 Å². The van der Waals surface area contributed by atoms with Crippen molar-refractivity contribution in [3.63, 3.8) is 0 Å². The minimum absolute atomic E-state index is 0.0795. The fraction of sp³-hybridized carbons (Fsp3) is 0.818. The average Bonchev–Trinajstić information content (AvgIpc) is 2.33. The fourth-order valence-electron chi connectivity index (χ4n) is 0.929. The lowest BCUT2D eigenvalue weighted by Gasteiger charge is -2.16. The van der Waals surface area contributed by atoms with E-state index in [-0.39, 0.29) is 28.2 Å². The van der Waals surface area contributed by atoms with Crippen molar-refractivity contribution in [2.24, 2.45) is 0 Å². The highest BCUT2D eigenvalue weighted by atomic mass is 79.9. The summed E-state index contributed by atoms with van der Waals surface area (Å²) in [7, 11) is 0. The third-order valence-corrected chi connectivity index (χ3v) is 4.05. The number of ether oxygens (including phenoxy) is 2. The van der Waals surface area contributed by atoms with Crippen LogP contribution in [0, 0.1) is 0 Å². The highest BCUT2D eigenvalue weighted by Gasteiger charge is 2.19. The second-order valence-corrected chi connectivity index (χ2v) is 5.84.